The fourth-order valence-corrected chi connectivity index (χ4v) is 3.62. The largest absolute Gasteiger partial charge is 0.480 e. The molecule has 1 amide bonds. The van der Waals surface area contributed by atoms with Gasteiger partial charge in [-0.25, -0.2) is 0 Å². The molecular weight excluding hydrogens is 330 g/mol. The summed E-state index contributed by atoms with van der Waals surface area (Å²) in [5.41, 5.74) is 0.989. The topological polar surface area (TPSA) is 68.5 Å². The number of nitrogens with zero attached hydrogens (tertiary/aromatic N) is 3. The lowest BCUT2D eigenvalue weighted by Crippen LogP contribution is -2.46. The second kappa shape index (κ2) is 6.09. The second-order valence-corrected chi connectivity index (χ2v) is 6.79. The Morgan fingerprint density at radius 3 is 3.08 bits per heavy atom. The molecule has 7 heteroatoms. The first kappa shape index (κ1) is 15.4. The number of hydrogen-bond acceptors (Lipinski definition) is 5. The van der Waals surface area contributed by atoms with E-state index in [1.54, 1.807) is 13.0 Å². The Balaban J connectivity index is 1.45. The van der Waals surface area contributed by atoms with Crippen molar-refractivity contribution in [1.82, 2.24) is 15.0 Å². The fraction of sp³-hybridized carbons (Fsp3) is 0.471. The van der Waals surface area contributed by atoms with Gasteiger partial charge in [0.25, 0.3) is 5.91 Å². The first-order valence-corrected chi connectivity index (χ1v) is 8.52. The summed E-state index contributed by atoms with van der Waals surface area (Å²) < 4.78 is 10.9. The zero-order valence-corrected chi connectivity index (χ0v) is 14.1. The van der Waals surface area contributed by atoms with Gasteiger partial charge in [-0.15, -0.1) is 0 Å². The molecule has 2 atom stereocenters. The first-order chi connectivity index (χ1) is 11.6. The SMILES string of the molecule is Cc1nc([C@@H]2CCCN(C(=O)[C@H]3Cc4cc(Cl)ccc4O3)C2)no1. The molecule has 6 nitrogen and oxygen atoms in total. The van der Waals surface area contributed by atoms with E-state index in [2.05, 4.69) is 10.1 Å². The summed E-state index contributed by atoms with van der Waals surface area (Å²) in [6.07, 6.45) is 1.99. The van der Waals surface area contributed by atoms with Crippen LogP contribution in [0.1, 0.15) is 36.0 Å². The molecule has 126 valence electrons. The summed E-state index contributed by atoms with van der Waals surface area (Å²) in [7, 11) is 0. The van der Waals surface area contributed by atoms with Crippen LogP contribution in [0, 0.1) is 6.92 Å². The van der Waals surface area contributed by atoms with Crippen LogP contribution in [-0.2, 0) is 11.2 Å². The molecule has 0 bridgehead atoms. The number of benzene rings is 1. The molecule has 24 heavy (non-hydrogen) atoms. The minimum absolute atomic E-state index is 0.0206. The van der Waals surface area contributed by atoms with E-state index < -0.39 is 6.10 Å². The van der Waals surface area contributed by atoms with Crippen molar-refractivity contribution in [2.45, 2.75) is 38.2 Å². The van der Waals surface area contributed by atoms with Gasteiger partial charge < -0.3 is 14.2 Å². The van der Waals surface area contributed by atoms with Crippen LogP contribution in [0.5, 0.6) is 5.75 Å². The number of amides is 1. The van der Waals surface area contributed by atoms with Crippen molar-refractivity contribution >= 4 is 17.5 Å². The lowest BCUT2D eigenvalue weighted by molar-refractivity contribution is -0.139. The Morgan fingerprint density at radius 2 is 2.29 bits per heavy atom. The van der Waals surface area contributed by atoms with E-state index in [4.69, 9.17) is 20.9 Å². The predicted molar refractivity (Wildman–Crippen MR) is 87.2 cm³/mol. The van der Waals surface area contributed by atoms with Gasteiger partial charge in [0.05, 0.1) is 0 Å². The van der Waals surface area contributed by atoms with Gasteiger partial charge >= 0.3 is 0 Å². The van der Waals surface area contributed by atoms with Crippen molar-refractivity contribution < 1.29 is 14.1 Å². The smallest absolute Gasteiger partial charge is 0.264 e. The number of halogens is 1. The third-order valence-corrected chi connectivity index (χ3v) is 4.85. The standard InChI is InChI=1S/C17H18ClN3O3/c1-10-19-16(20-24-10)11-3-2-6-21(9-11)17(22)15-8-12-7-13(18)4-5-14(12)23-15/h4-5,7,11,15H,2-3,6,8-9H2,1H3/t11-,15-/m1/s1. The van der Waals surface area contributed by atoms with Gasteiger partial charge in [0, 0.05) is 37.4 Å². The number of hydrogen-bond donors (Lipinski definition) is 0. The molecule has 1 aromatic heterocycles. The molecule has 0 saturated carbocycles. The van der Waals surface area contributed by atoms with Crippen LogP contribution < -0.4 is 4.74 Å². The van der Waals surface area contributed by atoms with Crippen LogP contribution in [0.3, 0.4) is 0 Å². The summed E-state index contributed by atoms with van der Waals surface area (Å²) in [6, 6.07) is 5.47. The van der Waals surface area contributed by atoms with Crippen molar-refractivity contribution in [3.8, 4) is 5.75 Å². The average molecular weight is 348 g/mol. The van der Waals surface area contributed by atoms with Gasteiger partial charge in [-0.3, -0.25) is 4.79 Å². The highest BCUT2D eigenvalue weighted by Crippen LogP contribution is 2.33. The highest BCUT2D eigenvalue weighted by Gasteiger charge is 2.35. The highest BCUT2D eigenvalue weighted by atomic mass is 35.5. The summed E-state index contributed by atoms with van der Waals surface area (Å²) in [5, 5.41) is 4.67. The maximum absolute atomic E-state index is 12.8. The predicted octanol–water partition coefficient (Wildman–Crippen LogP) is 2.74. The number of piperidine rings is 1. The van der Waals surface area contributed by atoms with E-state index in [0.29, 0.717) is 29.7 Å². The molecule has 0 aliphatic carbocycles. The Hall–Kier alpha value is -2.08. The van der Waals surface area contributed by atoms with E-state index in [0.717, 1.165) is 30.7 Å². The molecule has 2 aliphatic rings. The third kappa shape index (κ3) is 2.86. The molecule has 3 heterocycles. The van der Waals surface area contributed by atoms with Crippen LogP contribution in [-0.4, -0.2) is 40.1 Å². The molecule has 4 rings (SSSR count). The van der Waals surface area contributed by atoms with E-state index >= 15 is 0 Å². The lowest BCUT2D eigenvalue weighted by Gasteiger charge is -2.32. The fourth-order valence-electron chi connectivity index (χ4n) is 3.43. The number of rotatable bonds is 2. The second-order valence-electron chi connectivity index (χ2n) is 6.36. The maximum atomic E-state index is 12.8. The summed E-state index contributed by atoms with van der Waals surface area (Å²) in [5.74, 6) is 2.14. The number of ether oxygens (including phenoxy) is 1. The van der Waals surface area contributed by atoms with Gasteiger partial charge in [0.2, 0.25) is 5.89 Å². The van der Waals surface area contributed by atoms with Crippen molar-refractivity contribution in [3.05, 3.63) is 40.5 Å². The highest BCUT2D eigenvalue weighted by molar-refractivity contribution is 6.30. The Kier molecular flexibility index (Phi) is 3.92. The normalized spacial score (nSPS) is 23.0. The number of carbonyl (C=O) groups is 1. The monoisotopic (exact) mass is 347 g/mol. The van der Waals surface area contributed by atoms with Crippen LogP contribution in [0.15, 0.2) is 22.7 Å². The third-order valence-electron chi connectivity index (χ3n) is 4.61. The van der Waals surface area contributed by atoms with Crippen molar-refractivity contribution in [2.75, 3.05) is 13.1 Å². The van der Waals surface area contributed by atoms with Crippen LogP contribution in [0.2, 0.25) is 5.02 Å². The molecule has 0 N–H and O–H groups in total. The van der Waals surface area contributed by atoms with Gasteiger partial charge in [-0.2, -0.15) is 4.98 Å². The average Bonchev–Trinajstić information content (AvgIpc) is 3.20. The van der Waals surface area contributed by atoms with Gasteiger partial charge in [0.15, 0.2) is 11.9 Å². The molecule has 2 aromatic rings. The Morgan fingerprint density at radius 1 is 1.42 bits per heavy atom. The van der Waals surface area contributed by atoms with Crippen molar-refractivity contribution in [3.63, 3.8) is 0 Å². The number of likely N-dealkylation sites (tertiary alicyclic amines) is 1. The van der Waals surface area contributed by atoms with Gasteiger partial charge in [-0.1, -0.05) is 16.8 Å². The molecule has 1 fully saturated rings. The van der Waals surface area contributed by atoms with Crippen LogP contribution >= 0.6 is 11.6 Å². The summed E-state index contributed by atoms with van der Waals surface area (Å²) in [6.45, 7) is 3.12. The zero-order chi connectivity index (χ0) is 16.7. The van der Waals surface area contributed by atoms with Crippen molar-refractivity contribution in [1.29, 1.82) is 0 Å². The molecule has 2 aliphatic heterocycles. The Labute approximate surface area is 144 Å². The van der Waals surface area contributed by atoms with Crippen molar-refractivity contribution in [2.24, 2.45) is 0 Å². The number of carbonyl (C=O) groups excluding carboxylic acids is 1. The van der Waals surface area contributed by atoms with E-state index in [-0.39, 0.29) is 11.8 Å². The molecule has 0 radical (unpaired) electrons. The number of fused-ring (bicyclic) bond motifs is 1. The molecular formula is C17H18ClN3O3. The maximum Gasteiger partial charge on any atom is 0.264 e. The van der Waals surface area contributed by atoms with Crippen LogP contribution in [0.25, 0.3) is 0 Å². The zero-order valence-electron chi connectivity index (χ0n) is 13.4. The molecule has 1 aromatic carbocycles. The number of aryl methyl sites for hydroxylation is 1. The summed E-state index contributed by atoms with van der Waals surface area (Å²) in [4.78, 5) is 19.0. The van der Waals surface area contributed by atoms with Gasteiger partial charge in [0.1, 0.15) is 5.75 Å². The minimum atomic E-state index is -0.468. The van der Waals surface area contributed by atoms with E-state index in [9.17, 15) is 4.79 Å². The lowest BCUT2D eigenvalue weighted by atomic mass is 9.96. The Bertz CT molecular complexity index is 776. The summed E-state index contributed by atoms with van der Waals surface area (Å²) >= 11 is 6.01. The quantitative estimate of drug-likeness (QED) is 0.835. The molecule has 1 saturated heterocycles. The van der Waals surface area contributed by atoms with E-state index in [1.165, 1.54) is 0 Å². The number of aromatic nitrogens is 2. The van der Waals surface area contributed by atoms with Crippen LogP contribution in [0.4, 0.5) is 0 Å². The van der Waals surface area contributed by atoms with E-state index in [1.807, 2.05) is 17.0 Å². The molecule has 0 spiro atoms. The van der Waals surface area contributed by atoms with Gasteiger partial charge in [-0.05, 0) is 36.6 Å². The molecule has 0 unspecified atom stereocenters. The minimum Gasteiger partial charge on any atom is -0.480 e. The first-order valence-electron chi connectivity index (χ1n) is 8.14.